The van der Waals surface area contributed by atoms with Crippen LogP contribution in [0.3, 0.4) is 0 Å². The van der Waals surface area contributed by atoms with Gasteiger partial charge >= 0.3 is 0 Å². The molecule has 0 aliphatic heterocycles. The van der Waals surface area contributed by atoms with E-state index in [0.717, 1.165) is 23.9 Å². The van der Waals surface area contributed by atoms with Crippen molar-refractivity contribution in [1.29, 1.82) is 0 Å². The van der Waals surface area contributed by atoms with Gasteiger partial charge in [0.15, 0.2) is 0 Å². The molecule has 0 atom stereocenters. The maximum atomic E-state index is 12.4. The molecule has 0 unspecified atom stereocenters. The monoisotopic (exact) mass is 409 g/mol. The molecule has 0 saturated heterocycles. The molecule has 1 amide bonds. The lowest BCUT2D eigenvalue weighted by Gasteiger charge is -2.20. The van der Waals surface area contributed by atoms with E-state index in [2.05, 4.69) is 67.1 Å². The van der Waals surface area contributed by atoms with E-state index < -0.39 is 0 Å². The molecule has 1 rings (SSSR count). The average Bonchev–Trinajstić information content (AvgIpc) is 2.57. The third-order valence-corrected chi connectivity index (χ3v) is 5.24. The van der Waals surface area contributed by atoms with Crippen LogP contribution in [0, 0.1) is 0 Å². The summed E-state index contributed by atoms with van der Waals surface area (Å²) in [7, 11) is 0. The minimum atomic E-state index is 0.161. The van der Waals surface area contributed by atoms with Crippen LogP contribution in [0.2, 0.25) is 0 Å². The number of unbranched alkanes of at least 4 members (excludes halogenated alkanes) is 6. The van der Waals surface area contributed by atoms with Crippen molar-refractivity contribution in [3.05, 3.63) is 29.3 Å². The summed E-state index contributed by atoms with van der Waals surface area (Å²) in [5.41, 5.74) is 3.53. The third kappa shape index (κ3) is 8.40. The van der Waals surface area contributed by atoms with Crippen LogP contribution in [0.15, 0.2) is 18.2 Å². The summed E-state index contributed by atoms with van der Waals surface area (Å²) in [5, 5.41) is 4.33. The van der Waals surface area contributed by atoms with Gasteiger partial charge in [-0.2, -0.15) is 0 Å². The molecule has 0 saturated carbocycles. The molecule has 0 aliphatic carbocycles. The number of amides is 1. The molecule has 1 aromatic carbocycles. The lowest BCUT2D eigenvalue weighted by Crippen LogP contribution is -2.15. The predicted molar refractivity (Wildman–Crippen MR) is 114 cm³/mol. The fourth-order valence-electron chi connectivity index (χ4n) is 3.16. The van der Waals surface area contributed by atoms with Crippen LogP contribution in [0.1, 0.15) is 102 Å². The lowest BCUT2D eigenvalue weighted by atomic mass is 9.92. The summed E-state index contributed by atoms with van der Waals surface area (Å²) in [6, 6.07) is 6.38. The first-order chi connectivity index (χ1) is 12.0. The van der Waals surface area contributed by atoms with E-state index in [-0.39, 0.29) is 5.91 Å². The second-order valence-electron chi connectivity index (χ2n) is 7.58. The van der Waals surface area contributed by atoms with E-state index in [1.807, 2.05) is 0 Å². The number of alkyl halides is 1. The van der Waals surface area contributed by atoms with E-state index in [4.69, 9.17) is 0 Å². The van der Waals surface area contributed by atoms with Crippen LogP contribution >= 0.6 is 15.9 Å². The maximum Gasteiger partial charge on any atom is 0.224 e. The van der Waals surface area contributed by atoms with Crippen LogP contribution in [-0.4, -0.2) is 11.2 Å². The van der Waals surface area contributed by atoms with E-state index in [9.17, 15) is 4.79 Å². The fraction of sp³-hybridized carbons (Fsp3) is 0.682. The number of benzene rings is 1. The smallest absolute Gasteiger partial charge is 0.224 e. The quantitative estimate of drug-likeness (QED) is 0.282. The molecule has 0 fully saturated rings. The molecule has 0 aromatic heterocycles. The third-order valence-electron chi connectivity index (χ3n) is 4.67. The van der Waals surface area contributed by atoms with E-state index >= 15 is 0 Å². The van der Waals surface area contributed by atoms with Crippen molar-refractivity contribution in [3.8, 4) is 0 Å². The Hall–Kier alpha value is -0.830. The highest BCUT2D eigenvalue weighted by molar-refractivity contribution is 9.09. The number of hydrogen-bond acceptors (Lipinski definition) is 1. The van der Waals surface area contributed by atoms with Crippen molar-refractivity contribution in [2.24, 2.45) is 0 Å². The molecule has 25 heavy (non-hydrogen) atoms. The first kappa shape index (κ1) is 22.2. The summed E-state index contributed by atoms with van der Waals surface area (Å²) in [5.74, 6) is 0.983. The number of rotatable bonds is 12. The van der Waals surface area contributed by atoms with E-state index in [1.54, 1.807) is 0 Å². The van der Waals surface area contributed by atoms with Crippen molar-refractivity contribution < 1.29 is 4.79 Å². The van der Waals surface area contributed by atoms with Crippen LogP contribution in [0.4, 0.5) is 5.69 Å². The Bertz CT molecular complexity index is 484. The number of carbonyl (C=O) groups is 1. The van der Waals surface area contributed by atoms with E-state index in [1.165, 1.54) is 43.2 Å². The number of hydrogen-bond donors (Lipinski definition) is 1. The van der Waals surface area contributed by atoms with Gasteiger partial charge in [-0.25, -0.2) is 0 Å². The Morgan fingerprint density at radius 3 is 1.84 bits per heavy atom. The minimum absolute atomic E-state index is 0.161. The van der Waals surface area contributed by atoms with Gasteiger partial charge in [0.25, 0.3) is 0 Å². The van der Waals surface area contributed by atoms with Crippen molar-refractivity contribution in [3.63, 3.8) is 0 Å². The largest absolute Gasteiger partial charge is 0.326 e. The molecule has 0 spiro atoms. The number of carbonyl (C=O) groups excluding carboxylic acids is 1. The molecule has 1 N–H and O–H groups in total. The number of anilines is 1. The molecule has 2 nitrogen and oxygen atoms in total. The first-order valence-corrected chi connectivity index (χ1v) is 11.1. The SMILES string of the molecule is CC(C)c1cccc(C(C)C)c1NC(=O)CCCCCCCCCBr. The number of halogens is 1. The van der Waals surface area contributed by atoms with Crippen LogP contribution in [0.25, 0.3) is 0 Å². The first-order valence-electron chi connectivity index (χ1n) is 9.96. The van der Waals surface area contributed by atoms with Gasteiger partial charge in [-0.3, -0.25) is 4.79 Å². The van der Waals surface area contributed by atoms with Gasteiger partial charge in [-0.05, 0) is 35.8 Å². The van der Waals surface area contributed by atoms with Gasteiger partial charge in [0.05, 0.1) is 0 Å². The van der Waals surface area contributed by atoms with Gasteiger partial charge in [0, 0.05) is 17.4 Å². The van der Waals surface area contributed by atoms with Gasteiger partial charge in [0.1, 0.15) is 0 Å². The zero-order valence-electron chi connectivity index (χ0n) is 16.5. The van der Waals surface area contributed by atoms with Crippen LogP contribution in [0.5, 0.6) is 0 Å². The Morgan fingerprint density at radius 2 is 1.36 bits per heavy atom. The van der Waals surface area contributed by atoms with Crippen molar-refractivity contribution >= 4 is 27.5 Å². The second-order valence-corrected chi connectivity index (χ2v) is 8.38. The Morgan fingerprint density at radius 1 is 0.880 bits per heavy atom. The topological polar surface area (TPSA) is 29.1 Å². The highest BCUT2D eigenvalue weighted by Gasteiger charge is 2.15. The molecule has 0 radical (unpaired) electrons. The van der Waals surface area contributed by atoms with Crippen molar-refractivity contribution in [2.45, 2.75) is 90.9 Å². The molecule has 0 heterocycles. The van der Waals surface area contributed by atoms with Gasteiger partial charge in [-0.15, -0.1) is 0 Å². The zero-order chi connectivity index (χ0) is 18.7. The Labute approximate surface area is 163 Å². The Balaban J connectivity index is 2.46. The van der Waals surface area contributed by atoms with Gasteiger partial charge in [-0.1, -0.05) is 93.9 Å². The molecule has 142 valence electrons. The highest BCUT2D eigenvalue weighted by atomic mass is 79.9. The molecule has 0 aliphatic rings. The average molecular weight is 410 g/mol. The second kappa shape index (κ2) is 12.5. The maximum absolute atomic E-state index is 12.4. The van der Waals surface area contributed by atoms with Gasteiger partial charge < -0.3 is 5.32 Å². The summed E-state index contributed by atoms with van der Waals surface area (Å²) in [6.45, 7) is 8.74. The van der Waals surface area contributed by atoms with Crippen LogP contribution < -0.4 is 5.32 Å². The lowest BCUT2D eigenvalue weighted by molar-refractivity contribution is -0.116. The predicted octanol–water partition coefficient (Wildman–Crippen LogP) is 7.39. The molecule has 3 heteroatoms. The van der Waals surface area contributed by atoms with Crippen molar-refractivity contribution in [1.82, 2.24) is 0 Å². The highest BCUT2D eigenvalue weighted by Crippen LogP contribution is 2.32. The zero-order valence-corrected chi connectivity index (χ0v) is 18.1. The van der Waals surface area contributed by atoms with E-state index in [0.29, 0.717) is 18.3 Å². The van der Waals surface area contributed by atoms with Crippen LogP contribution in [-0.2, 0) is 4.79 Å². The van der Waals surface area contributed by atoms with Gasteiger partial charge in [0.2, 0.25) is 5.91 Å². The summed E-state index contributed by atoms with van der Waals surface area (Å²) in [4.78, 5) is 12.4. The minimum Gasteiger partial charge on any atom is -0.326 e. The fourth-order valence-corrected chi connectivity index (χ4v) is 3.56. The molecular weight excluding hydrogens is 374 g/mol. The molecule has 1 aromatic rings. The number of nitrogens with one attached hydrogen (secondary N) is 1. The molecule has 0 bridgehead atoms. The summed E-state index contributed by atoms with van der Waals surface area (Å²) >= 11 is 3.47. The normalized spacial score (nSPS) is 11.3. The molecular formula is C22H36BrNO. The Kier molecular flexibility index (Phi) is 11.1. The number of para-hydroxylation sites is 1. The standard InChI is InChI=1S/C22H36BrNO/c1-17(2)19-13-12-14-20(18(3)4)22(19)24-21(25)15-10-8-6-5-7-9-11-16-23/h12-14,17-18H,5-11,15-16H2,1-4H3,(H,24,25). The summed E-state index contributed by atoms with van der Waals surface area (Å²) in [6.07, 6.45) is 9.22. The van der Waals surface area contributed by atoms with Crippen molar-refractivity contribution in [2.75, 3.05) is 10.6 Å². The summed E-state index contributed by atoms with van der Waals surface area (Å²) < 4.78 is 0.